The zero-order valence-corrected chi connectivity index (χ0v) is 14.5. The van der Waals surface area contributed by atoms with E-state index in [1.807, 2.05) is 0 Å². The number of hydrogen-bond acceptors (Lipinski definition) is 5. The summed E-state index contributed by atoms with van der Waals surface area (Å²) in [6, 6.07) is 0. The maximum absolute atomic E-state index is 13.4. The highest BCUT2D eigenvalue weighted by atomic mass is 19.4. The minimum absolute atomic E-state index is 0.249. The van der Waals surface area contributed by atoms with Crippen molar-refractivity contribution in [1.82, 2.24) is 4.98 Å². The van der Waals surface area contributed by atoms with Crippen molar-refractivity contribution < 1.29 is 41.0 Å². The van der Waals surface area contributed by atoms with Crippen molar-refractivity contribution in [2.45, 2.75) is 39.8 Å². The van der Waals surface area contributed by atoms with Crippen LogP contribution in [0, 0.1) is 5.92 Å². The van der Waals surface area contributed by atoms with Gasteiger partial charge in [-0.15, -0.1) is 0 Å². The quantitative estimate of drug-likeness (QED) is 0.544. The Hall–Kier alpha value is -2.26. The number of aromatic nitrogens is 1. The number of hydrogen-bond donors (Lipinski definition) is 0. The molecule has 1 aromatic rings. The van der Waals surface area contributed by atoms with Crippen LogP contribution in [-0.2, 0) is 22.1 Å². The fourth-order valence-corrected chi connectivity index (χ4v) is 2.38. The van der Waals surface area contributed by atoms with Crippen molar-refractivity contribution in [3.05, 3.63) is 28.1 Å². The van der Waals surface area contributed by atoms with Gasteiger partial charge < -0.3 is 9.47 Å². The lowest BCUT2D eigenvalue weighted by molar-refractivity contribution is -0.142. The molecule has 5 nitrogen and oxygen atoms in total. The molecule has 0 aromatic carbocycles. The van der Waals surface area contributed by atoms with Crippen LogP contribution in [0.3, 0.4) is 0 Å². The van der Waals surface area contributed by atoms with Crippen molar-refractivity contribution in [1.29, 1.82) is 0 Å². The maximum Gasteiger partial charge on any atom is 0.434 e. The highest BCUT2D eigenvalue weighted by molar-refractivity contribution is 5.99. The van der Waals surface area contributed by atoms with Crippen molar-refractivity contribution in [2.75, 3.05) is 13.7 Å². The summed E-state index contributed by atoms with van der Waals surface area (Å²) in [5.74, 6) is -3.06. The number of methoxy groups -OCH3 is 1. The van der Waals surface area contributed by atoms with Crippen molar-refractivity contribution in [3.8, 4) is 0 Å². The molecular formula is C16H18F5NO4. The molecule has 0 aliphatic rings. The van der Waals surface area contributed by atoms with Crippen LogP contribution in [0.25, 0.3) is 0 Å². The molecule has 146 valence electrons. The third-order valence-corrected chi connectivity index (χ3v) is 3.29. The molecule has 1 heterocycles. The first-order valence-electron chi connectivity index (χ1n) is 7.63. The highest BCUT2D eigenvalue weighted by Gasteiger charge is 2.43. The number of nitrogens with zero attached hydrogens (tertiary/aromatic N) is 1. The molecule has 1 aromatic heterocycles. The van der Waals surface area contributed by atoms with Crippen LogP contribution in [0.5, 0.6) is 0 Å². The Morgan fingerprint density at radius 3 is 2.08 bits per heavy atom. The summed E-state index contributed by atoms with van der Waals surface area (Å²) < 4.78 is 75.9. The molecule has 0 bridgehead atoms. The van der Waals surface area contributed by atoms with E-state index < -0.39 is 52.6 Å². The molecule has 0 saturated carbocycles. The van der Waals surface area contributed by atoms with E-state index >= 15 is 0 Å². The molecule has 26 heavy (non-hydrogen) atoms. The summed E-state index contributed by atoms with van der Waals surface area (Å²) in [4.78, 5) is 27.1. The monoisotopic (exact) mass is 383 g/mol. The minimum Gasteiger partial charge on any atom is -0.465 e. The zero-order chi connectivity index (χ0) is 20.2. The van der Waals surface area contributed by atoms with Gasteiger partial charge in [-0.05, 0) is 24.8 Å². The Kier molecular flexibility index (Phi) is 7.05. The number of ether oxygens (including phenoxy) is 2. The van der Waals surface area contributed by atoms with Crippen LogP contribution in [0.1, 0.15) is 64.9 Å². The van der Waals surface area contributed by atoms with Gasteiger partial charge in [-0.25, -0.2) is 23.4 Å². The number of alkyl halides is 5. The van der Waals surface area contributed by atoms with Crippen LogP contribution in [0.2, 0.25) is 0 Å². The van der Waals surface area contributed by atoms with Gasteiger partial charge in [0.15, 0.2) is 5.69 Å². The predicted octanol–water partition coefficient (Wildman–Crippen LogP) is 4.20. The minimum atomic E-state index is -5.20. The number of halogens is 5. The van der Waals surface area contributed by atoms with Gasteiger partial charge in [-0.1, -0.05) is 13.8 Å². The van der Waals surface area contributed by atoms with Gasteiger partial charge in [-0.3, -0.25) is 0 Å². The standard InChI is InChI=1S/C16H18F5NO4/c1-5-26-15(24)10-8(6-7(2)3)9(14(23)25-4)11(13(17)18)22-12(10)16(19,20)21/h7,13H,5-6H2,1-4H3. The Morgan fingerprint density at radius 2 is 1.69 bits per heavy atom. The third kappa shape index (κ3) is 4.67. The summed E-state index contributed by atoms with van der Waals surface area (Å²) >= 11 is 0. The van der Waals surface area contributed by atoms with E-state index in [9.17, 15) is 31.5 Å². The van der Waals surface area contributed by atoms with E-state index in [1.54, 1.807) is 13.8 Å². The molecule has 0 atom stereocenters. The molecule has 0 aliphatic carbocycles. The Morgan fingerprint density at radius 1 is 1.12 bits per heavy atom. The smallest absolute Gasteiger partial charge is 0.434 e. The second-order valence-electron chi connectivity index (χ2n) is 5.68. The lowest BCUT2D eigenvalue weighted by Gasteiger charge is -2.21. The summed E-state index contributed by atoms with van der Waals surface area (Å²) in [5, 5.41) is 0. The van der Waals surface area contributed by atoms with E-state index in [4.69, 9.17) is 0 Å². The molecule has 0 unspecified atom stereocenters. The van der Waals surface area contributed by atoms with Crippen LogP contribution >= 0.6 is 0 Å². The lowest BCUT2D eigenvalue weighted by atomic mass is 9.91. The highest BCUT2D eigenvalue weighted by Crippen LogP contribution is 2.38. The molecular weight excluding hydrogens is 365 g/mol. The van der Waals surface area contributed by atoms with Crippen LogP contribution in [-0.4, -0.2) is 30.6 Å². The van der Waals surface area contributed by atoms with Crippen LogP contribution in [0.4, 0.5) is 22.0 Å². The first kappa shape index (κ1) is 21.8. The number of carbonyl (C=O) groups is 2. The molecule has 0 N–H and O–H groups in total. The van der Waals surface area contributed by atoms with Crippen molar-refractivity contribution in [3.63, 3.8) is 0 Å². The van der Waals surface area contributed by atoms with Crippen LogP contribution in [0.15, 0.2) is 0 Å². The molecule has 0 fully saturated rings. The molecule has 0 radical (unpaired) electrons. The number of esters is 2. The Balaban J connectivity index is 4.03. The molecule has 1 rings (SSSR count). The predicted molar refractivity (Wildman–Crippen MR) is 80.0 cm³/mol. The van der Waals surface area contributed by atoms with Crippen LogP contribution < -0.4 is 0 Å². The molecule has 0 aliphatic heterocycles. The first-order valence-corrected chi connectivity index (χ1v) is 7.63. The SMILES string of the molecule is CCOC(=O)c1c(C(F)(F)F)nc(C(F)F)c(C(=O)OC)c1CC(C)C. The topological polar surface area (TPSA) is 65.5 Å². The summed E-state index contributed by atoms with van der Waals surface area (Å²) in [6.07, 6.45) is -8.94. The molecule has 10 heteroatoms. The van der Waals surface area contributed by atoms with Gasteiger partial charge in [0.25, 0.3) is 6.43 Å². The van der Waals surface area contributed by atoms with Gasteiger partial charge in [0.1, 0.15) is 5.69 Å². The van der Waals surface area contributed by atoms with E-state index in [-0.39, 0.29) is 18.9 Å². The first-order chi connectivity index (χ1) is 11.9. The average Bonchev–Trinajstić information content (AvgIpc) is 2.51. The van der Waals surface area contributed by atoms with Crippen molar-refractivity contribution >= 4 is 11.9 Å². The number of rotatable bonds is 6. The second kappa shape index (κ2) is 8.41. The third-order valence-electron chi connectivity index (χ3n) is 3.29. The molecule has 0 spiro atoms. The lowest BCUT2D eigenvalue weighted by Crippen LogP contribution is -2.25. The van der Waals surface area contributed by atoms with Gasteiger partial charge in [0, 0.05) is 0 Å². The van der Waals surface area contributed by atoms with Gasteiger partial charge in [-0.2, -0.15) is 13.2 Å². The number of carbonyl (C=O) groups excluding carboxylic acids is 2. The van der Waals surface area contributed by atoms with E-state index in [2.05, 4.69) is 14.5 Å². The summed E-state index contributed by atoms with van der Waals surface area (Å²) in [7, 11) is 0.887. The Labute approximate surface area is 146 Å². The normalized spacial score (nSPS) is 11.8. The van der Waals surface area contributed by atoms with E-state index in [1.165, 1.54) is 6.92 Å². The summed E-state index contributed by atoms with van der Waals surface area (Å²) in [6.45, 7) is 4.30. The largest absolute Gasteiger partial charge is 0.465 e. The van der Waals surface area contributed by atoms with Gasteiger partial charge >= 0.3 is 18.1 Å². The fraction of sp³-hybridized carbons (Fsp3) is 0.562. The second-order valence-corrected chi connectivity index (χ2v) is 5.68. The van der Waals surface area contributed by atoms with E-state index in [0.29, 0.717) is 0 Å². The average molecular weight is 383 g/mol. The maximum atomic E-state index is 13.4. The summed E-state index contributed by atoms with van der Waals surface area (Å²) in [5.41, 5.74) is -5.59. The zero-order valence-electron chi connectivity index (χ0n) is 14.5. The van der Waals surface area contributed by atoms with E-state index in [0.717, 1.165) is 7.11 Å². The van der Waals surface area contributed by atoms with Gasteiger partial charge in [0.05, 0.1) is 24.8 Å². The molecule has 0 amide bonds. The fourth-order valence-electron chi connectivity index (χ4n) is 2.38. The Bertz CT molecular complexity index is 686. The van der Waals surface area contributed by atoms with Crippen molar-refractivity contribution in [2.24, 2.45) is 5.92 Å². The number of pyridine rings is 1. The molecule has 0 saturated heterocycles. The van der Waals surface area contributed by atoms with Gasteiger partial charge in [0.2, 0.25) is 0 Å².